The van der Waals surface area contributed by atoms with Crippen molar-refractivity contribution in [1.82, 2.24) is 4.90 Å². The van der Waals surface area contributed by atoms with Gasteiger partial charge in [-0.2, -0.15) is 0 Å². The molecule has 1 aliphatic rings. The Balaban J connectivity index is 2.79. The minimum atomic E-state index is 0.0352. The number of aliphatic imine (C=N–C) groups is 1. The van der Waals surface area contributed by atoms with Crippen LogP contribution in [-0.4, -0.2) is 34.7 Å². The van der Waals surface area contributed by atoms with Crippen molar-refractivity contribution in [3.63, 3.8) is 0 Å². The third kappa shape index (κ3) is 2.28. The molecule has 1 rings (SSSR count). The Hall–Kier alpha value is -0.420. The first-order chi connectivity index (χ1) is 5.63. The van der Waals surface area contributed by atoms with Gasteiger partial charge in [0.1, 0.15) is 10.1 Å². The normalized spacial score (nSPS) is 20.1. The summed E-state index contributed by atoms with van der Waals surface area (Å²) < 4.78 is 0.827. The Morgan fingerprint density at radius 3 is 2.67 bits per heavy atom. The monoisotopic (exact) mass is 202 g/mol. The fraction of sp³-hybridized carbons (Fsp3) is 0.429. The molecular weight excluding hydrogens is 192 g/mol. The van der Waals surface area contributed by atoms with Gasteiger partial charge in [-0.05, 0) is 18.0 Å². The summed E-state index contributed by atoms with van der Waals surface area (Å²) in [5.41, 5.74) is 0.536. The smallest absolute Gasteiger partial charge is 0.246 e. The van der Waals surface area contributed by atoms with Crippen LogP contribution >= 0.6 is 23.5 Å². The van der Waals surface area contributed by atoms with Crippen molar-refractivity contribution in [3.8, 4) is 0 Å². The first-order valence-electron chi connectivity index (χ1n) is 3.36. The molecule has 1 aliphatic heterocycles. The molecule has 0 unspecified atom stereocenters. The molecule has 0 spiro atoms. The Labute approximate surface area is 80.3 Å². The van der Waals surface area contributed by atoms with Crippen LogP contribution in [0.3, 0.4) is 0 Å². The molecule has 0 radical (unpaired) electrons. The minimum Gasteiger partial charge on any atom is -0.382 e. The van der Waals surface area contributed by atoms with Crippen LogP contribution in [0.1, 0.15) is 0 Å². The molecular formula is C7H10N2OS2. The lowest BCUT2D eigenvalue weighted by molar-refractivity contribution is -0.107. The van der Waals surface area contributed by atoms with Crippen LogP contribution in [0.4, 0.5) is 0 Å². The van der Waals surface area contributed by atoms with E-state index in [1.165, 1.54) is 23.5 Å². The van der Waals surface area contributed by atoms with Crippen LogP contribution in [0, 0.1) is 0 Å². The molecule has 0 aromatic rings. The van der Waals surface area contributed by atoms with Gasteiger partial charge in [-0.1, -0.05) is 0 Å². The summed E-state index contributed by atoms with van der Waals surface area (Å²) in [6, 6.07) is 0. The first-order valence-corrected chi connectivity index (χ1v) is 5.40. The van der Waals surface area contributed by atoms with Gasteiger partial charge in [0.2, 0.25) is 5.12 Å². The highest BCUT2D eigenvalue weighted by atomic mass is 32.2. The lowest BCUT2D eigenvalue weighted by atomic mass is 10.5. The standard InChI is InChI=1S/C7H10N2OS2/c1-9(2)4-5-6(10)12-7(8-5)11-3/h4H,1-3H3/b5-4-. The number of carbonyl (C=O) groups excluding carboxylic acids is 1. The highest BCUT2D eigenvalue weighted by Crippen LogP contribution is 2.28. The van der Waals surface area contributed by atoms with E-state index in [1.54, 1.807) is 6.20 Å². The van der Waals surface area contributed by atoms with E-state index in [0.29, 0.717) is 5.70 Å². The van der Waals surface area contributed by atoms with Crippen molar-refractivity contribution >= 4 is 33.0 Å². The highest BCUT2D eigenvalue weighted by Gasteiger charge is 2.21. The molecule has 1 heterocycles. The number of rotatable bonds is 1. The number of thioether (sulfide) groups is 2. The van der Waals surface area contributed by atoms with Crippen LogP contribution in [0.15, 0.2) is 16.9 Å². The number of carbonyl (C=O) groups is 1. The summed E-state index contributed by atoms with van der Waals surface area (Å²) >= 11 is 2.69. The first kappa shape index (κ1) is 9.67. The summed E-state index contributed by atoms with van der Waals surface area (Å²) in [7, 11) is 3.75. The number of nitrogens with zero attached hydrogens (tertiary/aromatic N) is 2. The Morgan fingerprint density at radius 2 is 2.25 bits per heavy atom. The molecule has 0 amide bonds. The van der Waals surface area contributed by atoms with Gasteiger partial charge in [-0.3, -0.25) is 4.79 Å². The van der Waals surface area contributed by atoms with E-state index in [4.69, 9.17) is 0 Å². The number of hydrogen-bond donors (Lipinski definition) is 0. The lowest BCUT2D eigenvalue weighted by Gasteiger charge is -2.02. The van der Waals surface area contributed by atoms with Crippen molar-refractivity contribution in [1.29, 1.82) is 0 Å². The van der Waals surface area contributed by atoms with Crippen molar-refractivity contribution in [2.24, 2.45) is 4.99 Å². The summed E-state index contributed by atoms with van der Waals surface area (Å²) in [5, 5.41) is 0.0352. The largest absolute Gasteiger partial charge is 0.382 e. The molecule has 3 nitrogen and oxygen atoms in total. The van der Waals surface area contributed by atoms with Gasteiger partial charge < -0.3 is 4.90 Å². The Morgan fingerprint density at radius 1 is 1.58 bits per heavy atom. The quantitative estimate of drug-likeness (QED) is 0.601. The molecule has 0 aromatic carbocycles. The van der Waals surface area contributed by atoms with E-state index >= 15 is 0 Å². The van der Waals surface area contributed by atoms with Crippen LogP contribution in [0.2, 0.25) is 0 Å². The van der Waals surface area contributed by atoms with Gasteiger partial charge in [-0.25, -0.2) is 4.99 Å². The predicted octanol–water partition coefficient (Wildman–Crippen LogP) is 1.38. The maximum absolute atomic E-state index is 11.2. The van der Waals surface area contributed by atoms with Crippen molar-refractivity contribution in [3.05, 3.63) is 11.9 Å². The molecule has 5 heteroatoms. The SMILES string of the molecule is CSC1=N/C(=C\N(C)C)C(=O)S1. The van der Waals surface area contributed by atoms with Gasteiger partial charge in [0, 0.05) is 20.3 Å². The van der Waals surface area contributed by atoms with E-state index in [0.717, 1.165) is 4.38 Å². The van der Waals surface area contributed by atoms with E-state index in [1.807, 2.05) is 25.3 Å². The minimum absolute atomic E-state index is 0.0352. The van der Waals surface area contributed by atoms with E-state index < -0.39 is 0 Å². The Kier molecular flexibility index (Phi) is 3.22. The maximum atomic E-state index is 11.2. The molecule has 0 saturated carbocycles. The zero-order valence-corrected chi connectivity index (χ0v) is 8.83. The topological polar surface area (TPSA) is 32.7 Å². The fourth-order valence-corrected chi connectivity index (χ4v) is 1.97. The second-order valence-electron chi connectivity index (χ2n) is 2.45. The molecule has 66 valence electrons. The van der Waals surface area contributed by atoms with Crippen LogP contribution in [0.5, 0.6) is 0 Å². The van der Waals surface area contributed by atoms with Gasteiger partial charge in [0.05, 0.1) is 0 Å². The average molecular weight is 202 g/mol. The zero-order valence-electron chi connectivity index (χ0n) is 7.20. The molecule has 0 saturated heterocycles. The van der Waals surface area contributed by atoms with E-state index in [2.05, 4.69) is 4.99 Å². The molecule has 0 atom stereocenters. The predicted molar refractivity (Wildman–Crippen MR) is 55.3 cm³/mol. The summed E-state index contributed by atoms with van der Waals surface area (Å²) in [5.74, 6) is 0. The fourth-order valence-electron chi connectivity index (χ4n) is 0.712. The molecule has 12 heavy (non-hydrogen) atoms. The van der Waals surface area contributed by atoms with Gasteiger partial charge >= 0.3 is 0 Å². The summed E-state index contributed by atoms with van der Waals surface area (Å²) in [6.45, 7) is 0. The van der Waals surface area contributed by atoms with Crippen molar-refractivity contribution in [2.45, 2.75) is 0 Å². The van der Waals surface area contributed by atoms with Crippen molar-refractivity contribution in [2.75, 3.05) is 20.4 Å². The summed E-state index contributed by atoms with van der Waals surface area (Å²) in [6.07, 6.45) is 3.65. The maximum Gasteiger partial charge on any atom is 0.246 e. The van der Waals surface area contributed by atoms with Gasteiger partial charge in [-0.15, -0.1) is 11.8 Å². The molecule has 0 N–H and O–H groups in total. The third-order valence-electron chi connectivity index (χ3n) is 1.16. The van der Waals surface area contributed by atoms with Crippen LogP contribution in [0.25, 0.3) is 0 Å². The third-order valence-corrected chi connectivity index (χ3v) is 3.01. The lowest BCUT2D eigenvalue weighted by Crippen LogP contribution is -2.03. The van der Waals surface area contributed by atoms with Gasteiger partial charge in [0.15, 0.2) is 0 Å². The van der Waals surface area contributed by atoms with Crippen LogP contribution in [-0.2, 0) is 4.79 Å². The van der Waals surface area contributed by atoms with Crippen LogP contribution < -0.4 is 0 Å². The van der Waals surface area contributed by atoms with Gasteiger partial charge in [0.25, 0.3) is 0 Å². The molecule has 0 aromatic heterocycles. The molecule has 0 aliphatic carbocycles. The average Bonchev–Trinajstić information content (AvgIpc) is 2.31. The second-order valence-corrected chi connectivity index (χ2v) is 4.46. The van der Waals surface area contributed by atoms with E-state index in [-0.39, 0.29) is 5.12 Å². The molecule has 0 fully saturated rings. The molecule has 0 bridgehead atoms. The van der Waals surface area contributed by atoms with E-state index in [9.17, 15) is 4.79 Å². The highest BCUT2D eigenvalue weighted by molar-refractivity contribution is 8.45. The summed E-state index contributed by atoms with van der Waals surface area (Å²) in [4.78, 5) is 17.2. The number of hydrogen-bond acceptors (Lipinski definition) is 5. The van der Waals surface area contributed by atoms with Crippen molar-refractivity contribution < 1.29 is 4.79 Å². The zero-order chi connectivity index (χ0) is 9.14. The Bertz CT molecular complexity index is 258. The second kappa shape index (κ2) is 4.00.